The monoisotopic (exact) mass is 505 g/mol. The molecule has 9 nitrogen and oxygen atoms in total. The Bertz CT molecular complexity index is 1450. The molecule has 4 rings (SSSR count). The Kier molecular flexibility index (Phi) is 7.76. The van der Waals surface area contributed by atoms with E-state index in [2.05, 4.69) is 16.0 Å². The Morgan fingerprint density at radius 3 is 2.36 bits per heavy atom. The van der Waals surface area contributed by atoms with Crippen molar-refractivity contribution in [3.05, 3.63) is 92.5 Å². The molecule has 0 saturated heterocycles. The molecule has 2 aromatic carbocycles. The molecule has 4 aromatic rings. The zero-order chi connectivity index (χ0) is 25.5. The van der Waals surface area contributed by atoms with Crippen molar-refractivity contribution >= 4 is 45.7 Å². The van der Waals surface area contributed by atoms with Gasteiger partial charge in [0.2, 0.25) is 0 Å². The van der Waals surface area contributed by atoms with Crippen LogP contribution in [0.5, 0.6) is 5.75 Å². The van der Waals surface area contributed by atoms with E-state index in [0.717, 1.165) is 0 Å². The van der Waals surface area contributed by atoms with E-state index in [4.69, 9.17) is 9.15 Å². The molecule has 2 heterocycles. The smallest absolute Gasteiger partial charge is 0.349 e. The summed E-state index contributed by atoms with van der Waals surface area (Å²) in [6.07, 6.45) is 0. The summed E-state index contributed by atoms with van der Waals surface area (Å²) in [6, 6.07) is 16.3. The second-order valence-electron chi connectivity index (χ2n) is 7.58. The zero-order valence-electron chi connectivity index (χ0n) is 19.3. The van der Waals surface area contributed by atoms with Gasteiger partial charge in [0.1, 0.15) is 5.56 Å². The molecule has 184 valence electrons. The van der Waals surface area contributed by atoms with E-state index in [0.29, 0.717) is 33.9 Å². The number of fused-ring (bicyclic) bond motifs is 1. The summed E-state index contributed by atoms with van der Waals surface area (Å²) in [6.45, 7) is 2.78. The van der Waals surface area contributed by atoms with Gasteiger partial charge in [0.25, 0.3) is 17.7 Å². The van der Waals surface area contributed by atoms with Gasteiger partial charge in [0, 0.05) is 29.7 Å². The fraction of sp³-hybridized carbons (Fsp3) is 0.154. The summed E-state index contributed by atoms with van der Waals surface area (Å²) < 4.78 is 10.8. The van der Waals surface area contributed by atoms with Crippen molar-refractivity contribution in [2.75, 3.05) is 25.0 Å². The van der Waals surface area contributed by atoms with Gasteiger partial charge >= 0.3 is 5.63 Å². The third kappa shape index (κ3) is 5.78. The van der Waals surface area contributed by atoms with Crippen LogP contribution in [0.4, 0.5) is 5.69 Å². The van der Waals surface area contributed by atoms with Crippen LogP contribution in [0.25, 0.3) is 11.0 Å². The van der Waals surface area contributed by atoms with Crippen LogP contribution in [0.3, 0.4) is 0 Å². The fourth-order valence-electron chi connectivity index (χ4n) is 3.40. The zero-order valence-corrected chi connectivity index (χ0v) is 20.1. The van der Waals surface area contributed by atoms with Gasteiger partial charge in [-0.25, -0.2) is 4.79 Å². The molecule has 2 aromatic heterocycles. The molecule has 3 N–H and O–H groups in total. The van der Waals surface area contributed by atoms with Crippen molar-refractivity contribution in [3.8, 4) is 5.75 Å². The van der Waals surface area contributed by atoms with Crippen molar-refractivity contribution in [1.29, 1.82) is 0 Å². The minimum Gasteiger partial charge on any atom is -0.490 e. The molecule has 36 heavy (non-hydrogen) atoms. The molecule has 0 atom stereocenters. The van der Waals surface area contributed by atoms with Gasteiger partial charge in [-0.15, -0.1) is 11.3 Å². The molecule has 0 radical (unpaired) electrons. The lowest BCUT2D eigenvalue weighted by Crippen LogP contribution is -2.34. The first-order valence-corrected chi connectivity index (χ1v) is 12.0. The molecule has 0 spiro atoms. The maximum atomic E-state index is 12.7. The third-order valence-corrected chi connectivity index (χ3v) is 5.98. The lowest BCUT2D eigenvalue weighted by atomic mass is 10.1. The van der Waals surface area contributed by atoms with Gasteiger partial charge in [-0.3, -0.25) is 14.4 Å². The number of carbonyl (C=O) groups excluding carboxylic acids is 3. The molecule has 0 fully saturated rings. The Hall–Kier alpha value is -4.44. The van der Waals surface area contributed by atoms with Crippen LogP contribution in [0.1, 0.15) is 37.3 Å². The molecule has 0 saturated carbocycles. The first-order chi connectivity index (χ1) is 17.5. The summed E-state index contributed by atoms with van der Waals surface area (Å²) in [5, 5.41) is 10.5. The Labute approximate surface area is 210 Å². The van der Waals surface area contributed by atoms with Crippen LogP contribution in [-0.4, -0.2) is 37.4 Å². The van der Waals surface area contributed by atoms with E-state index in [1.54, 1.807) is 54.6 Å². The van der Waals surface area contributed by atoms with Crippen LogP contribution in [0.15, 0.2) is 75.3 Å². The molecular formula is C26H23N3O6S. The van der Waals surface area contributed by atoms with E-state index in [-0.39, 0.29) is 36.1 Å². The lowest BCUT2D eigenvalue weighted by Gasteiger charge is -2.09. The van der Waals surface area contributed by atoms with Crippen LogP contribution in [-0.2, 0) is 0 Å². The first kappa shape index (κ1) is 24.7. The quantitative estimate of drug-likeness (QED) is 0.235. The Balaban J connectivity index is 1.34. The second kappa shape index (κ2) is 11.3. The van der Waals surface area contributed by atoms with Gasteiger partial charge in [-0.1, -0.05) is 18.2 Å². The fourth-order valence-corrected chi connectivity index (χ4v) is 4.04. The highest BCUT2D eigenvalue weighted by Crippen LogP contribution is 2.25. The van der Waals surface area contributed by atoms with Gasteiger partial charge in [-0.2, -0.15) is 0 Å². The molecule has 3 amide bonds. The molecule has 0 bridgehead atoms. The van der Waals surface area contributed by atoms with Crippen molar-refractivity contribution < 1.29 is 23.5 Å². The molecule has 0 aliphatic heterocycles. The Morgan fingerprint density at radius 1 is 0.917 bits per heavy atom. The molecule has 0 aliphatic rings. The molecule has 0 aliphatic carbocycles. The predicted octanol–water partition coefficient (Wildman–Crippen LogP) is 3.67. The third-order valence-electron chi connectivity index (χ3n) is 5.11. The van der Waals surface area contributed by atoms with Gasteiger partial charge in [0.05, 0.1) is 11.5 Å². The van der Waals surface area contributed by atoms with E-state index >= 15 is 0 Å². The van der Waals surface area contributed by atoms with Crippen molar-refractivity contribution in [1.82, 2.24) is 10.6 Å². The van der Waals surface area contributed by atoms with Crippen LogP contribution >= 0.6 is 11.3 Å². The number of hydrogen-bond donors (Lipinski definition) is 3. The van der Waals surface area contributed by atoms with E-state index < -0.39 is 11.5 Å². The Morgan fingerprint density at radius 2 is 1.67 bits per heavy atom. The highest BCUT2D eigenvalue weighted by atomic mass is 32.1. The van der Waals surface area contributed by atoms with Crippen LogP contribution < -0.4 is 26.3 Å². The minimum absolute atomic E-state index is 0.150. The van der Waals surface area contributed by atoms with E-state index in [1.807, 2.05) is 12.3 Å². The number of amides is 3. The number of ether oxygens (including phenoxy) is 1. The van der Waals surface area contributed by atoms with E-state index in [1.165, 1.54) is 17.4 Å². The number of para-hydroxylation sites is 1. The minimum atomic E-state index is -0.783. The first-order valence-electron chi connectivity index (χ1n) is 11.2. The van der Waals surface area contributed by atoms with Crippen molar-refractivity contribution in [2.45, 2.75) is 6.92 Å². The van der Waals surface area contributed by atoms with Crippen molar-refractivity contribution in [3.63, 3.8) is 0 Å². The summed E-state index contributed by atoms with van der Waals surface area (Å²) in [5.41, 5.74) is 0.132. The molecule has 0 unspecified atom stereocenters. The average Bonchev–Trinajstić information content (AvgIpc) is 3.42. The highest BCUT2D eigenvalue weighted by molar-refractivity contribution is 7.12. The summed E-state index contributed by atoms with van der Waals surface area (Å²) in [7, 11) is 0. The van der Waals surface area contributed by atoms with Gasteiger partial charge in [-0.05, 0) is 54.8 Å². The predicted molar refractivity (Wildman–Crippen MR) is 137 cm³/mol. The maximum absolute atomic E-state index is 12.7. The van der Waals surface area contributed by atoms with Crippen molar-refractivity contribution in [2.24, 2.45) is 0 Å². The molecule has 10 heteroatoms. The number of nitrogens with one attached hydrogen (secondary N) is 3. The van der Waals surface area contributed by atoms with Gasteiger partial charge < -0.3 is 25.1 Å². The summed E-state index contributed by atoms with van der Waals surface area (Å²) in [5.74, 6) is -0.711. The normalized spacial score (nSPS) is 10.6. The van der Waals surface area contributed by atoms with Crippen LogP contribution in [0, 0.1) is 0 Å². The maximum Gasteiger partial charge on any atom is 0.349 e. The lowest BCUT2D eigenvalue weighted by molar-refractivity contribution is 0.0929. The summed E-state index contributed by atoms with van der Waals surface area (Å²) >= 11 is 1.34. The van der Waals surface area contributed by atoms with Crippen LogP contribution in [0.2, 0.25) is 0 Å². The average molecular weight is 506 g/mol. The topological polar surface area (TPSA) is 127 Å². The second-order valence-corrected chi connectivity index (χ2v) is 8.52. The number of hydrogen-bond acceptors (Lipinski definition) is 7. The summed E-state index contributed by atoms with van der Waals surface area (Å²) in [4.78, 5) is 50.0. The van der Waals surface area contributed by atoms with E-state index in [9.17, 15) is 19.2 Å². The number of rotatable bonds is 9. The number of carbonyl (C=O) groups is 3. The SMILES string of the molecule is CCOc1cccc2cc(C(=O)Nc3ccc(C(=O)NCCNC(=O)c4cccs4)cc3)c(=O)oc12. The number of benzene rings is 2. The number of anilines is 1. The van der Waals surface area contributed by atoms with Gasteiger partial charge in [0.15, 0.2) is 11.3 Å². The standard InChI is InChI=1S/C26H23N3O6S/c1-2-34-20-6-3-5-17-15-19(26(33)35-22(17)20)24(31)29-18-10-8-16(9-11-18)23(30)27-12-13-28-25(32)21-7-4-14-36-21/h3-11,14-15H,2,12-13H2,1H3,(H,27,30)(H,28,32)(H,29,31). The molecular weight excluding hydrogens is 482 g/mol. The number of thiophene rings is 1. The largest absolute Gasteiger partial charge is 0.490 e. The highest BCUT2D eigenvalue weighted by Gasteiger charge is 2.16.